The molecule has 0 aliphatic rings. The maximum absolute atomic E-state index is 12.9. The monoisotopic (exact) mass is 221 g/mol. The number of halogens is 1. The van der Waals surface area contributed by atoms with Crippen LogP contribution in [0.25, 0.3) is 0 Å². The van der Waals surface area contributed by atoms with E-state index in [0.29, 0.717) is 0 Å². The molecule has 1 aromatic carbocycles. The molecule has 0 radical (unpaired) electrons. The van der Waals surface area contributed by atoms with Crippen LogP contribution in [0, 0.1) is 5.82 Å². The standard InChI is InChI=1S/C10H8FN3O2/c11-6-1-2-9(15)8(5-6)13-10(16)7-3-4-12-14-7/h1-5,15H,(H,12,14)(H,13,16). The van der Waals surface area contributed by atoms with Crippen molar-refractivity contribution >= 4 is 11.6 Å². The van der Waals surface area contributed by atoms with Gasteiger partial charge in [0.2, 0.25) is 0 Å². The van der Waals surface area contributed by atoms with E-state index in [0.717, 1.165) is 18.2 Å². The van der Waals surface area contributed by atoms with Crippen molar-refractivity contribution in [1.82, 2.24) is 10.2 Å². The molecule has 0 aliphatic heterocycles. The highest BCUT2D eigenvalue weighted by Gasteiger charge is 2.10. The maximum Gasteiger partial charge on any atom is 0.273 e. The number of nitrogens with zero attached hydrogens (tertiary/aromatic N) is 1. The highest BCUT2D eigenvalue weighted by molar-refractivity contribution is 6.03. The van der Waals surface area contributed by atoms with Crippen LogP contribution in [0.4, 0.5) is 10.1 Å². The molecule has 0 spiro atoms. The molecule has 0 atom stereocenters. The van der Waals surface area contributed by atoms with Gasteiger partial charge in [-0.25, -0.2) is 4.39 Å². The Morgan fingerprint density at radius 2 is 2.25 bits per heavy atom. The molecular formula is C10H8FN3O2. The van der Waals surface area contributed by atoms with Gasteiger partial charge in [-0.2, -0.15) is 5.10 Å². The summed E-state index contributed by atoms with van der Waals surface area (Å²) in [5.41, 5.74) is 0.239. The first-order chi connectivity index (χ1) is 7.66. The van der Waals surface area contributed by atoms with Gasteiger partial charge in [0.25, 0.3) is 5.91 Å². The second-order valence-corrected chi connectivity index (χ2v) is 3.09. The van der Waals surface area contributed by atoms with Crippen LogP contribution in [0.15, 0.2) is 30.5 Å². The second-order valence-electron chi connectivity index (χ2n) is 3.09. The number of carbonyl (C=O) groups excluding carboxylic acids is 1. The van der Waals surface area contributed by atoms with Gasteiger partial charge in [-0.1, -0.05) is 0 Å². The Morgan fingerprint density at radius 1 is 1.44 bits per heavy atom. The first-order valence-electron chi connectivity index (χ1n) is 4.46. The summed E-state index contributed by atoms with van der Waals surface area (Å²) in [6.45, 7) is 0. The number of hydrogen-bond donors (Lipinski definition) is 3. The quantitative estimate of drug-likeness (QED) is 0.672. The summed E-state index contributed by atoms with van der Waals surface area (Å²) in [7, 11) is 0. The fraction of sp³-hybridized carbons (Fsp3) is 0. The Balaban J connectivity index is 2.21. The number of phenolic OH excluding ortho intramolecular Hbond substituents is 1. The summed E-state index contributed by atoms with van der Waals surface area (Å²) < 4.78 is 12.9. The van der Waals surface area contributed by atoms with Crippen LogP contribution in [0.2, 0.25) is 0 Å². The topological polar surface area (TPSA) is 78.0 Å². The van der Waals surface area contributed by atoms with E-state index in [-0.39, 0.29) is 17.1 Å². The normalized spacial score (nSPS) is 10.1. The molecule has 0 bridgehead atoms. The van der Waals surface area contributed by atoms with Crippen molar-refractivity contribution in [2.45, 2.75) is 0 Å². The van der Waals surface area contributed by atoms with Gasteiger partial charge in [0.15, 0.2) is 0 Å². The maximum atomic E-state index is 12.9. The fourth-order valence-corrected chi connectivity index (χ4v) is 1.18. The van der Waals surface area contributed by atoms with Crippen LogP contribution in [0.3, 0.4) is 0 Å². The van der Waals surface area contributed by atoms with E-state index in [1.165, 1.54) is 12.3 Å². The molecule has 5 nitrogen and oxygen atoms in total. The molecule has 1 aromatic heterocycles. The molecule has 0 aliphatic carbocycles. The van der Waals surface area contributed by atoms with Crippen molar-refractivity contribution in [2.24, 2.45) is 0 Å². The van der Waals surface area contributed by atoms with Crippen molar-refractivity contribution in [3.8, 4) is 5.75 Å². The van der Waals surface area contributed by atoms with Crippen molar-refractivity contribution in [2.75, 3.05) is 5.32 Å². The number of anilines is 1. The lowest BCUT2D eigenvalue weighted by molar-refractivity contribution is 0.102. The van der Waals surface area contributed by atoms with Gasteiger partial charge in [0, 0.05) is 12.3 Å². The predicted molar refractivity (Wildman–Crippen MR) is 54.6 cm³/mol. The number of carbonyl (C=O) groups is 1. The van der Waals surface area contributed by atoms with E-state index in [4.69, 9.17) is 0 Å². The second kappa shape index (κ2) is 4.01. The number of aromatic nitrogens is 2. The zero-order valence-corrected chi connectivity index (χ0v) is 8.07. The first-order valence-corrected chi connectivity index (χ1v) is 4.46. The third-order valence-corrected chi connectivity index (χ3v) is 1.95. The molecule has 3 N–H and O–H groups in total. The number of nitrogens with one attached hydrogen (secondary N) is 2. The Hall–Kier alpha value is -2.37. The zero-order valence-electron chi connectivity index (χ0n) is 8.07. The zero-order chi connectivity index (χ0) is 11.5. The van der Waals surface area contributed by atoms with Gasteiger partial charge >= 0.3 is 0 Å². The van der Waals surface area contributed by atoms with Gasteiger partial charge in [0.05, 0.1) is 5.69 Å². The summed E-state index contributed by atoms with van der Waals surface area (Å²) >= 11 is 0. The summed E-state index contributed by atoms with van der Waals surface area (Å²) in [5.74, 6) is -1.25. The average Bonchev–Trinajstić information content (AvgIpc) is 2.76. The van der Waals surface area contributed by atoms with E-state index < -0.39 is 11.7 Å². The van der Waals surface area contributed by atoms with Crippen molar-refractivity contribution < 1.29 is 14.3 Å². The van der Waals surface area contributed by atoms with E-state index in [1.807, 2.05) is 0 Å². The Kier molecular flexibility index (Phi) is 2.55. The number of aromatic hydroxyl groups is 1. The lowest BCUT2D eigenvalue weighted by Gasteiger charge is -2.05. The summed E-state index contributed by atoms with van der Waals surface area (Å²) in [5, 5.41) is 17.8. The first kappa shape index (κ1) is 10.2. The number of aromatic amines is 1. The van der Waals surface area contributed by atoms with Gasteiger partial charge in [-0.05, 0) is 18.2 Å². The average molecular weight is 221 g/mol. The molecule has 0 unspecified atom stereocenters. The molecule has 0 saturated heterocycles. The molecule has 82 valence electrons. The molecule has 2 rings (SSSR count). The predicted octanol–water partition coefficient (Wildman–Crippen LogP) is 1.51. The third kappa shape index (κ3) is 2.00. The molecule has 1 heterocycles. The molecule has 1 amide bonds. The minimum absolute atomic E-state index is 0.0135. The van der Waals surface area contributed by atoms with Crippen LogP contribution in [-0.4, -0.2) is 21.2 Å². The molecule has 6 heteroatoms. The van der Waals surface area contributed by atoms with Crippen molar-refractivity contribution in [1.29, 1.82) is 0 Å². The number of benzene rings is 1. The Bertz CT molecular complexity index is 511. The number of phenols is 1. The van der Waals surface area contributed by atoms with Gasteiger partial charge < -0.3 is 10.4 Å². The SMILES string of the molecule is O=C(Nc1cc(F)ccc1O)c1ccn[nH]1. The van der Waals surface area contributed by atoms with E-state index in [1.54, 1.807) is 0 Å². The molecule has 0 fully saturated rings. The highest BCUT2D eigenvalue weighted by Crippen LogP contribution is 2.23. The molecule has 16 heavy (non-hydrogen) atoms. The van der Waals surface area contributed by atoms with Crippen LogP contribution in [-0.2, 0) is 0 Å². The molecular weight excluding hydrogens is 213 g/mol. The third-order valence-electron chi connectivity index (χ3n) is 1.95. The van der Waals surface area contributed by atoms with Crippen molar-refractivity contribution in [3.63, 3.8) is 0 Å². The minimum atomic E-state index is -0.544. The van der Waals surface area contributed by atoms with E-state index >= 15 is 0 Å². The van der Waals surface area contributed by atoms with E-state index in [2.05, 4.69) is 15.5 Å². The van der Waals surface area contributed by atoms with Gasteiger partial charge in [-0.15, -0.1) is 0 Å². The summed E-state index contributed by atoms with van der Waals surface area (Å²) in [6.07, 6.45) is 1.42. The van der Waals surface area contributed by atoms with E-state index in [9.17, 15) is 14.3 Å². The number of rotatable bonds is 2. The largest absolute Gasteiger partial charge is 0.506 e. The highest BCUT2D eigenvalue weighted by atomic mass is 19.1. The van der Waals surface area contributed by atoms with Crippen LogP contribution < -0.4 is 5.32 Å². The van der Waals surface area contributed by atoms with Crippen LogP contribution >= 0.6 is 0 Å². The smallest absolute Gasteiger partial charge is 0.273 e. The summed E-state index contributed by atoms with van der Waals surface area (Å²) in [6, 6.07) is 4.76. The van der Waals surface area contributed by atoms with Gasteiger partial charge in [0.1, 0.15) is 17.3 Å². The lowest BCUT2D eigenvalue weighted by atomic mass is 10.2. The lowest BCUT2D eigenvalue weighted by Crippen LogP contribution is -2.12. The van der Waals surface area contributed by atoms with Crippen molar-refractivity contribution in [3.05, 3.63) is 42.0 Å². The summed E-state index contributed by atoms with van der Waals surface area (Å²) in [4.78, 5) is 11.5. The fourth-order valence-electron chi connectivity index (χ4n) is 1.18. The van der Waals surface area contributed by atoms with Crippen LogP contribution in [0.5, 0.6) is 5.75 Å². The number of hydrogen-bond acceptors (Lipinski definition) is 3. The van der Waals surface area contributed by atoms with Gasteiger partial charge in [-0.3, -0.25) is 9.89 Å². The minimum Gasteiger partial charge on any atom is -0.506 e. The molecule has 0 saturated carbocycles. The number of amides is 1. The van der Waals surface area contributed by atoms with Crippen LogP contribution in [0.1, 0.15) is 10.5 Å². The molecule has 2 aromatic rings. The number of H-pyrrole nitrogens is 1. The Labute approximate surface area is 89.9 Å². The Morgan fingerprint density at radius 3 is 2.94 bits per heavy atom.